The van der Waals surface area contributed by atoms with Gasteiger partial charge in [0.2, 0.25) is 5.56 Å². The predicted molar refractivity (Wildman–Crippen MR) is 112 cm³/mol. The molecule has 0 saturated carbocycles. The van der Waals surface area contributed by atoms with E-state index in [1.165, 1.54) is 35.0 Å². The van der Waals surface area contributed by atoms with Crippen LogP contribution in [0.5, 0.6) is 5.75 Å². The number of aryl methyl sites for hydroxylation is 2. The lowest BCUT2D eigenvalue weighted by atomic mass is 9.98. The fourth-order valence-corrected chi connectivity index (χ4v) is 5.33. The van der Waals surface area contributed by atoms with Crippen molar-refractivity contribution in [2.24, 2.45) is 0 Å². The maximum absolute atomic E-state index is 11.6. The quantitative estimate of drug-likeness (QED) is 0.454. The number of aromatic amines is 1. The number of aromatic hydroxyl groups is 1. The number of fused-ring (bicyclic) bond motifs is 2. The molecule has 5 rings (SSSR count). The molecule has 5 heteroatoms. The van der Waals surface area contributed by atoms with Crippen molar-refractivity contribution in [3.8, 4) is 27.3 Å². The minimum atomic E-state index is -0.142. The molecular formula is C22H16ClNO2S. The van der Waals surface area contributed by atoms with Crippen molar-refractivity contribution in [1.29, 1.82) is 0 Å². The molecule has 0 radical (unpaired) electrons. The molecule has 4 aromatic rings. The van der Waals surface area contributed by atoms with Crippen LogP contribution in [0.4, 0.5) is 0 Å². The first-order valence-corrected chi connectivity index (χ1v) is 10.1. The van der Waals surface area contributed by atoms with Crippen molar-refractivity contribution in [1.82, 2.24) is 4.98 Å². The summed E-state index contributed by atoms with van der Waals surface area (Å²) in [5.41, 5.74) is 5.37. The van der Waals surface area contributed by atoms with E-state index < -0.39 is 0 Å². The Morgan fingerprint density at radius 3 is 2.67 bits per heavy atom. The molecule has 0 spiro atoms. The molecule has 1 aliphatic rings. The summed E-state index contributed by atoms with van der Waals surface area (Å²) >= 11 is 8.04. The van der Waals surface area contributed by atoms with Gasteiger partial charge in [0.15, 0.2) is 0 Å². The van der Waals surface area contributed by atoms with Crippen molar-refractivity contribution in [3.05, 3.63) is 75.0 Å². The third kappa shape index (κ3) is 2.76. The van der Waals surface area contributed by atoms with E-state index in [4.69, 9.17) is 11.6 Å². The Morgan fingerprint density at radius 2 is 1.78 bits per heavy atom. The van der Waals surface area contributed by atoms with Crippen molar-refractivity contribution in [2.45, 2.75) is 19.3 Å². The summed E-state index contributed by atoms with van der Waals surface area (Å²) in [7, 11) is 0. The SMILES string of the molecule is O=c1ccc2c(Cl)c(-c3ccc(O)c(-c4ccc5c(c4)CCC5)c3)sc2[nH]1. The predicted octanol–water partition coefficient (Wildman–Crippen LogP) is 5.77. The van der Waals surface area contributed by atoms with Gasteiger partial charge in [-0.15, -0.1) is 11.3 Å². The lowest BCUT2D eigenvalue weighted by Crippen LogP contribution is -2.00. The summed E-state index contributed by atoms with van der Waals surface area (Å²) in [6, 6.07) is 15.2. The molecule has 2 N–H and O–H groups in total. The second-order valence-corrected chi connectivity index (χ2v) is 8.28. The van der Waals surface area contributed by atoms with Gasteiger partial charge < -0.3 is 10.1 Å². The van der Waals surface area contributed by atoms with E-state index >= 15 is 0 Å². The highest BCUT2D eigenvalue weighted by atomic mass is 35.5. The van der Waals surface area contributed by atoms with Crippen LogP contribution < -0.4 is 5.56 Å². The van der Waals surface area contributed by atoms with E-state index in [1.807, 2.05) is 12.1 Å². The third-order valence-corrected chi connectivity index (χ3v) is 6.87. The fraction of sp³-hybridized carbons (Fsp3) is 0.136. The van der Waals surface area contributed by atoms with Crippen LogP contribution in [0.1, 0.15) is 17.5 Å². The van der Waals surface area contributed by atoms with E-state index in [-0.39, 0.29) is 11.3 Å². The maximum atomic E-state index is 11.6. The number of phenolic OH excluding ortho intramolecular Hbond substituents is 1. The molecule has 2 heterocycles. The Balaban J connectivity index is 1.66. The number of thiophene rings is 1. The minimum Gasteiger partial charge on any atom is -0.507 e. The molecule has 1 aliphatic carbocycles. The van der Waals surface area contributed by atoms with Gasteiger partial charge >= 0.3 is 0 Å². The number of nitrogens with one attached hydrogen (secondary N) is 1. The summed E-state index contributed by atoms with van der Waals surface area (Å²) in [5.74, 6) is 0.252. The Hall–Kier alpha value is -2.56. The molecule has 0 aliphatic heterocycles. The summed E-state index contributed by atoms with van der Waals surface area (Å²) in [5, 5.41) is 11.9. The van der Waals surface area contributed by atoms with Crippen LogP contribution in [0.25, 0.3) is 31.8 Å². The number of aromatic nitrogens is 1. The number of rotatable bonds is 2. The summed E-state index contributed by atoms with van der Waals surface area (Å²) in [6.45, 7) is 0. The number of hydrogen-bond acceptors (Lipinski definition) is 3. The first-order chi connectivity index (χ1) is 13.1. The van der Waals surface area contributed by atoms with Crippen molar-refractivity contribution < 1.29 is 5.11 Å². The van der Waals surface area contributed by atoms with Crippen LogP contribution >= 0.6 is 22.9 Å². The average molecular weight is 394 g/mol. The maximum Gasteiger partial charge on any atom is 0.249 e. The summed E-state index contributed by atoms with van der Waals surface area (Å²) in [6.07, 6.45) is 3.43. The van der Waals surface area contributed by atoms with Crippen molar-refractivity contribution in [2.75, 3.05) is 0 Å². The van der Waals surface area contributed by atoms with E-state index in [2.05, 4.69) is 23.2 Å². The first kappa shape index (κ1) is 16.6. The molecule has 2 aromatic heterocycles. The highest BCUT2D eigenvalue weighted by Gasteiger charge is 2.16. The molecular weight excluding hydrogens is 378 g/mol. The second-order valence-electron chi connectivity index (χ2n) is 6.88. The van der Waals surface area contributed by atoms with Crippen LogP contribution in [0.15, 0.2) is 53.3 Å². The molecule has 0 fully saturated rings. The number of hydrogen-bond donors (Lipinski definition) is 2. The molecule has 0 saturated heterocycles. The van der Waals surface area contributed by atoms with Crippen LogP contribution in [-0.2, 0) is 12.8 Å². The summed E-state index contributed by atoms with van der Waals surface area (Å²) in [4.78, 5) is 16.1. The molecule has 27 heavy (non-hydrogen) atoms. The van der Waals surface area contributed by atoms with Crippen LogP contribution in [0, 0.1) is 0 Å². The highest BCUT2D eigenvalue weighted by Crippen LogP contribution is 2.43. The van der Waals surface area contributed by atoms with E-state index in [0.717, 1.165) is 44.6 Å². The fourth-order valence-electron chi connectivity index (χ4n) is 3.81. The Morgan fingerprint density at radius 1 is 0.963 bits per heavy atom. The topological polar surface area (TPSA) is 53.1 Å². The van der Waals surface area contributed by atoms with Gasteiger partial charge in [-0.3, -0.25) is 4.79 Å². The Bertz CT molecular complexity index is 1260. The van der Waals surface area contributed by atoms with Gasteiger partial charge in [-0.05, 0) is 65.8 Å². The number of phenols is 1. The number of benzene rings is 2. The monoisotopic (exact) mass is 393 g/mol. The smallest absolute Gasteiger partial charge is 0.249 e. The van der Waals surface area contributed by atoms with E-state index in [1.54, 1.807) is 12.1 Å². The number of H-pyrrole nitrogens is 1. The van der Waals surface area contributed by atoms with Crippen molar-refractivity contribution in [3.63, 3.8) is 0 Å². The second kappa shape index (κ2) is 6.25. The molecule has 2 aromatic carbocycles. The van der Waals surface area contributed by atoms with Crippen molar-refractivity contribution >= 4 is 33.2 Å². The van der Waals surface area contributed by atoms with Gasteiger partial charge in [0.25, 0.3) is 0 Å². The van der Waals surface area contributed by atoms with Gasteiger partial charge in [0, 0.05) is 17.0 Å². The third-order valence-electron chi connectivity index (χ3n) is 5.19. The highest BCUT2D eigenvalue weighted by molar-refractivity contribution is 7.22. The molecule has 0 amide bonds. The van der Waals surface area contributed by atoms with E-state index in [9.17, 15) is 9.90 Å². The zero-order valence-electron chi connectivity index (χ0n) is 14.4. The van der Waals surface area contributed by atoms with Gasteiger partial charge in [-0.1, -0.05) is 29.8 Å². The zero-order chi connectivity index (χ0) is 18.5. The summed E-state index contributed by atoms with van der Waals surface area (Å²) < 4.78 is 0. The van der Waals surface area contributed by atoms with Gasteiger partial charge in [0.05, 0.1) is 9.90 Å². The number of pyridine rings is 1. The minimum absolute atomic E-state index is 0.142. The first-order valence-electron chi connectivity index (χ1n) is 8.87. The number of halogens is 1. The average Bonchev–Trinajstić information content (AvgIpc) is 3.26. The van der Waals surface area contributed by atoms with Crippen LogP contribution in [0.2, 0.25) is 5.02 Å². The zero-order valence-corrected chi connectivity index (χ0v) is 16.0. The molecule has 0 unspecified atom stereocenters. The lowest BCUT2D eigenvalue weighted by molar-refractivity contribution is 0.477. The molecule has 0 bridgehead atoms. The largest absolute Gasteiger partial charge is 0.507 e. The lowest BCUT2D eigenvalue weighted by Gasteiger charge is -2.10. The van der Waals surface area contributed by atoms with E-state index in [0.29, 0.717) is 5.02 Å². The van der Waals surface area contributed by atoms with Gasteiger partial charge in [0.1, 0.15) is 10.6 Å². The normalized spacial score (nSPS) is 13.2. The standard InChI is InChI=1S/C22H16ClNO2S/c23-20-16-7-9-19(26)24-22(16)27-21(20)15-6-8-18(25)17(11-15)14-5-4-12-2-1-3-13(12)10-14/h4-11,25H,1-3H2,(H,24,26). The Labute approximate surface area is 164 Å². The van der Waals surface area contributed by atoms with Gasteiger partial charge in [-0.2, -0.15) is 0 Å². The molecule has 3 nitrogen and oxygen atoms in total. The Kier molecular flexibility index (Phi) is 3.85. The van der Waals surface area contributed by atoms with Gasteiger partial charge in [-0.25, -0.2) is 0 Å². The molecule has 134 valence electrons. The molecule has 0 atom stereocenters. The van der Waals surface area contributed by atoms with Crippen LogP contribution in [-0.4, -0.2) is 10.1 Å². The van der Waals surface area contributed by atoms with Crippen LogP contribution in [0.3, 0.4) is 0 Å².